The zero-order chi connectivity index (χ0) is 17.8. The van der Waals surface area contributed by atoms with Gasteiger partial charge in [-0.05, 0) is 31.6 Å². The molecule has 140 valence electrons. The lowest BCUT2D eigenvalue weighted by Gasteiger charge is -2.33. The molecule has 0 aromatic heterocycles. The van der Waals surface area contributed by atoms with Gasteiger partial charge in [0.05, 0.1) is 0 Å². The molecule has 1 atom stereocenters. The van der Waals surface area contributed by atoms with Crippen LogP contribution >= 0.6 is 0 Å². The molecule has 23 heavy (non-hydrogen) atoms. The molecule has 0 N–H and O–H groups in total. The minimum atomic E-state index is -1.47. The van der Waals surface area contributed by atoms with Crippen LogP contribution in [0.1, 0.15) is 84.5 Å². The molecule has 0 rings (SSSR count). The highest BCUT2D eigenvalue weighted by atomic mass is 28.4. The second-order valence-electron chi connectivity index (χ2n) is 9.29. The fourth-order valence-corrected chi connectivity index (χ4v) is 15.5. The highest BCUT2D eigenvalue weighted by molar-refractivity contribution is 6.92. The summed E-state index contributed by atoms with van der Waals surface area (Å²) < 4.78 is 6.69. The Morgan fingerprint density at radius 3 is 1.65 bits per heavy atom. The second-order valence-corrected chi connectivity index (χ2v) is 19.6. The Morgan fingerprint density at radius 1 is 0.652 bits per heavy atom. The molecule has 0 spiro atoms. The fraction of sp³-hybridized carbons (Fsp3) is 1.00. The van der Waals surface area contributed by atoms with Crippen LogP contribution in [-0.2, 0) is 4.43 Å². The molecule has 3 heteroatoms. The van der Waals surface area contributed by atoms with E-state index in [1.165, 1.54) is 76.3 Å². The summed E-state index contributed by atoms with van der Waals surface area (Å²) in [4.78, 5) is 0. The molecule has 0 aliphatic carbocycles. The van der Waals surface area contributed by atoms with Crippen LogP contribution in [0.15, 0.2) is 0 Å². The van der Waals surface area contributed by atoms with Gasteiger partial charge in [0.1, 0.15) is 0 Å². The Morgan fingerprint density at radius 2 is 1.17 bits per heavy atom. The van der Waals surface area contributed by atoms with Gasteiger partial charge in [-0.15, -0.1) is 0 Å². The van der Waals surface area contributed by atoms with Gasteiger partial charge in [-0.1, -0.05) is 91.3 Å². The van der Waals surface area contributed by atoms with Gasteiger partial charge in [0.2, 0.25) is 0 Å². The van der Waals surface area contributed by atoms with E-state index in [1.54, 1.807) is 0 Å². The van der Waals surface area contributed by atoms with E-state index in [0.29, 0.717) is 6.10 Å². The van der Waals surface area contributed by atoms with Crippen molar-refractivity contribution in [1.29, 1.82) is 0 Å². The molecule has 0 aromatic carbocycles. The van der Waals surface area contributed by atoms with Gasteiger partial charge in [0.25, 0.3) is 0 Å². The number of hydrogen-bond donors (Lipinski definition) is 0. The predicted octanol–water partition coefficient (Wildman–Crippen LogP) is 7.79. The van der Waals surface area contributed by atoms with E-state index < -0.39 is 16.4 Å². The first-order valence-electron chi connectivity index (χ1n) is 10.4. The third kappa shape index (κ3) is 15.7. The Balaban J connectivity index is 3.98. The van der Waals surface area contributed by atoms with E-state index in [-0.39, 0.29) is 0 Å². The van der Waals surface area contributed by atoms with Gasteiger partial charge in [-0.2, -0.15) is 0 Å². The summed E-state index contributed by atoms with van der Waals surface area (Å²) in [5, 5.41) is 0. The molecular weight excluding hydrogens is 312 g/mol. The fourth-order valence-electron chi connectivity index (χ4n) is 3.86. The maximum atomic E-state index is 6.69. The van der Waals surface area contributed by atoms with Crippen LogP contribution in [0.4, 0.5) is 0 Å². The molecule has 0 radical (unpaired) electrons. The van der Waals surface area contributed by atoms with Crippen molar-refractivity contribution < 1.29 is 4.43 Å². The summed E-state index contributed by atoms with van der Waals surface area (Å²) in [7, 11) is -2.47. The molecule has 0 saturated carbocycles. The van der Waals surface area contributed by atoms with Crippen molar-refractivity contribution in [3.8, 4) is 0 Å². The molecule has 0 bridgehead atoms. The van der Waals surface area contributed by atoms with E-state index in [9.17, 15) is 0 Å². The molecule has 0 saturated heterocycles. The minimum Gasteiger partial charge on any atom is -0.415 e. The van der Waals surface area contributed by atoms with Crippen molar-refractivity contribution in [2.45, 2.75) is 129 Å². The third-order valence-electron chi connectivity index (χ3n) is 4.43. The normalized spacial score (nSPS) is 14.2. The first kappa shape index (κ1) is 23.4. The summed E-state index contributed by atoms with van der Waals surface area (Å²) in [6.07, 6.45) is 15.7. The Bertz CT molecular complexity index is 271. The maximum absolute atomic E-state index is 6.69. The topological polar surface area (TPSA) is 9.23 Å². The smallest absolute Gasteiger partial charge is 0.184 e. The predicted molar refractivity (Wildman–Crippen MR) is 113 cm³/mol. The van der Waals surface area contributed by atoms with Gasteiger partial charge in [0, 0.05) is 14.2 Å². The van der Waals surface area contributed by atoms with E-state index in [2.05, 4.69) is 46.6 Å². The van der Waals surface area contributed by atoms with Crippen LogP contribution in [0.2, 0.25) is 38.4 Å². The highest BCUT2D eigenvalue weighted by Gasteiger charge is 2.32. The molecule has 1 nitrogen and oxygen atoms in total. The average Bonchev–Trinajstić information content (AvgIpc) is 2.38. The first-order valence-corrected chi connectivity index (χ1v) is 17.2. The lowest BCUT2D eigenvalue weighted by Crippen LogP contribution is -2.42. The van der Waals surface area contributed by atoms with E-state index in [0.717, 1.165) is 0 Å². The van der Waals surface area contributed by atoms with Gasteiger partial charge in [-0.3, -0.25) is 0 Å². The van der Waals surface area contributed by atoms with Gasteiger partial charge in [0.15, 0.2) is 8.32 Å². The van der Waals surface area contributed by atoms with E-state index in [1.807, 2.05) is 0 Å². The lowest BCUT2D eigenvalue weighted by atomic mass is 10.0. The van der Waals surface area contributed by atoms with Crippen molar-refractivity contribution >= 4 is 16.4 Å². The van der Waals surface area contributed by atoms with Crippen LogP contribution in [0, 0.1) is 0 Å². The molecule has 0 aromatic rings. The van der Waals surface area contributed by atoms with Gasteiger partial charge >= 0.3 is 0 Å². The Labute approximate surface area is 150 Å². The van der Waals surface area contributed by atoms with Gasteiger partial charge < -0.3 is 4.43 Å². The van der Waals surface area contributed by atoms with Crippen LogP contribution < -0.4 is 0 Å². The van der Waals surface area contributed by atoms with Crippen LogP contribution in [0.3, 0.4) is 0 Å². The summed E-state index contributed by atoms with van der Waals surface area (Å²) in [5.41, 5.74) is 1.40. The third-order valence-corrected chi connectivity index (χ3v) is 13.1. The zero-order valence-electron chi connectivity index (χ0n) is 17.5. The molecule has 0 fully saturated rings. The second kappa shape index (κ2) is 12.7. The summed E-state index contributed by atoms with van der Waals surface area (Å²) in [5.74, 6) is 0. The van der Waals surface area contributed by atoms with E-state index in [4.69, 9.17) is 4.43 Å². The summed E-state index contributed by atoms with van der Waals surface area (Å²) >= 11 is 0. The molecule has 0 amide bonds. The standard InChI is InChI=1S/C20H46OSi2/c1-8-10-11-12-13-14-15-16-18-20(17-9-2)21-23(6,7)19-22(3,4)5/h20H,8-19H2,1-7H3. The quantitative estimate of drug-likeness (QED) is 0.214. The van der Waals surface area contributed by atoms with Crippen molar-refractivity contribution in [2.24, 2.45) is 0 Å². The average molecular weight is 359 g/mol. The lowest BCUT2D eigenvalue weighted by molar-refractivity contribution is 0.167. The van der Waals surface area contributed by atoms with Crippen LogP contribution in [0.5, 0.6) is 0 Å². The SMILES string of the molecule is CCCCCCCCCCC(CCC)O[Si](C)(C)C[Si](C)(C)C. The van der Waals surface area contributed by atoms with E-state index >= 15 is 0 Å². The number of unbranched alkanes of at least 4 members (excludes halogenated alkanes) is 7. The maximum Gasteiger partial charge on any atom is 0.184 e. The van der Waals surface area contributed by atoms with Crippen LogP contribution in [-0.4, -0.2) is 22.5 Å². The molecule has 1 unspecified atom stereocenters. The monoisotopic (exact) mass is 358 g/mol. The van der Waals surface area contributed by atoms with Gasteiger partial charge in [-0.25, -0.2) is 0 Å². The first-order chi connectivity index (χ1) is 10.7. The van der Waals surface area contributed by atoms with Crippen molar-refractivity contribution in [2.75, 3.05) is 0 Å². The molecule has 0 aliphatic rings. The number of rotatable bonds is 15. The minimum absolute atomic E-state index is 0.540. The van der Waals surface area contributed by atoms with Crippen molar-refractivity contribution in [3.63, 3.8) is 0 Å². The Kier molecular flexibility index (Phi) is 12.9. The summed E-state index contributed by atoms with van der Waals surface area (Å²) in [6, 6.07) is 0. The molecular formula is C20H46OSi2. The molecule has 0 heterocycles. The summed E-state index contributed by atoms with van der Waals surface area (Å²) in [6.45, 7) is 16.9. The highest BCUT2D eigenvalue weighted by Crippen LogP contribution is 2.25. The molecule has 0 aliphatic heterocycles. The number of hydrogen-bond acceptors (Lipinski definition) is 1. The largest absolute Gasteiger partial charge is 0.415 e. The van der Waals surface area contributed by atoms with Crippen LogP contribution in [0.25, 0.3) is 0 Å². The Hall–Kier alpha value is 0.394. The van der Waals surface area contributed by atoms with Crippen molar-refractivity contribution in [3.05, 3.63) is 0 Å². The van der Waals surface area contributed by atoms with Crippen molar-refractivity contribution in [1.82, 2.24) is 0 Å². The zero-order valence-corrected chi connectivity index (χ0v) is 19.5.